The first-order chi connectivity index (χ1) is 6.36. The molecule has 1 fully saturated rings. The van der Waals surface area contributed by atoms with Crippen LogP contribution in [-0.4, -0.2) is 38.3 Å². The lowest BCUT2D eigenvalue weighted by molar-refractivity contribution is 0.120. The van der Waals surface area contributed by atoms with Crippen molar-refractivity contribution >= 4 is 0 Å². The molecule has 76 valence electrons. The van der Waals surface area contributed by atoms with Crippen LogP contribution in [-0.2, 0) is 4.74 Å². The third-order valence-corrected chi connectivity index (χ3v) is 2.82. The fourth-order valence-corrected chi connectivity index (χ4v) is 1.90. The van der Waals surface area contributed by atoms with Gasteiger partial charge in [0.15, 0.2) is 0 Å². The van der Waals surface area contributed by atoms with Crippen molar-refractivity contribution in [3.63, 3.8) is 0 Å². The van der Waals surface area contributed by atoms with E-state index in [-0.39, 0.29) is 0 Å². The molecule has 0 bridgehead atoms. The lowest BCUT2D eigenvalue weighted by Crippen LogP contribution is -2.35. The molecule has 0 unspecified atom stereocenters. The fourth-order valence-electron chi connectivity index (χ4n) is 1.90. The van der Waals surface area contributed by atoms with Gasteiger partial charge in [-0.2, -0.15) is 0 Å². The van der Waals surface area contributed by atoms with Gasteiger partial charge in [0.25, 0.3) is 0 Å². The monoisotopic (exact) mass is 183 g/mol. The molecule has 2 heteroatoms. The van der Waals surface area contributed by atoms with E-state index in [4.69, 9.17) is 4.74 Å². The van der Waals surface area contributed by atoms with Gasteiger partial charge in [0.2, 0.25) is 0 Å². The van der Waals surface area contributed by atoms with Crippen LogP contribution in [0.25, 0.3) is 0 Å². The van der Waals surface area contributed by atoms with Crippen molar-refractivity contribution in [3.8, 4) is 0 Å². The average molecular weight is 183 g/mol. The van der Waals surface area contributed by atoms with Crippen LogP contribution < -0.4 is 0 Å². The summed E-state index contributed by atoms with van der Waals surface area (Å²) in [6.45, 7) is 8.23. The quantitative estimate of drug-likeness (QED) is 0.604. The van der Waals surface area contributed by atoms with E-state index in [9.17, 15) is 0 Å². The van der Waals surface area contributed by atoms with Gasteiger partial charge in [0.1, 0.15) is 0 Å². The summed E-state index contributed by atoms with van der Waals surface area (Å²) in [5.41, 5.74) is 0. The van der Waals surface area contributed by atoms with Gasteiger partial charge < -0.3 is 9.64 Å². The topological polar surface area (TPSA) is 12.5 Å². The third-order valence-electron chi connectivity index (χ3n) is 2.82. The molecular formula is C11H21NO. The van der Waals surface area contributed by atoms with Crippen molar-refractivity contribution in [3.05, 3.63) is 12.7 Å². The summed E-state index contributed by atoms with van der Waals surface area (Å²) in [6, 6.07) is 0. The number of allylic oxidation sites excluding steroid dienone is 1. The Labute approximate surface area is 81.6 Å². The zero-order valence-electron chi connectivity index (χ0n) is 8.67. The predicted octanol–water partition coefficient (Wildman–Crippen LogP) is 1.92. The van der Waals surface area contributed by atoms with Crippen LogP contribution in [0.2, 0.25) is 0 Å². The summed E-state index contributed by atoms with van der Waals surface area (Å²) < 4.78 is 5.06. The summed E-state index contributed by atoms with van der Waals surface area (Å²) in [7, 11) is 1.77. The maximum absolute atomic E-state index is 5.06. The Morgan fingerprint density at radius 3 is 2.69 bits per heavy atom. The zero-order valence-corrected chi connectivity index (χ0v) is 8.67. The van der Waals surface area contributed by atoms with Crippen LogP contribution >= 0.6 is 0 Å². The van der Waals surface area contributed by atoms with Crippen LogP contribution in [0.1, 0.15) is 19.3 Å². The molecule has 0 aromatic heterocycles. The second kappa shape index (κ2) is 6.17. The Balaban J connectivity index is 2.11. The second-order valence-corrected chi connectivity index (χ2v) is 3.80. The van der Waals surface area contributed by atoms with Gasteiger partial charge in [-0.05, 0) is 38.3 Å². The highest BCUT2D eigenvalue weighted by Gasteiger charge is 2.17. The lowest BCUT2D eigenvalue weighted by Gasteiger charge is -2.31. The fraction of sp³-hybridized carbons (Fsp3) is 0.818. The molecule has 1 heterocycles. The van der Waals surface area contributed by atoms with E-state index in [0.717, 1.165) is 19.1 Å². The summed E-state index contributed by atoms with van der Waals surface area (Å²) in [4.78, 5) is 2.49. The van der Waals surface area contributed by atoms with Crippen LogP contribution in [0.3, 0.4) is 0 Å². The third kappa shape index (κ3) is 3.92. The molecular weight excluding hydrogens is 162 g/mol. The van der Waals surface area contributed by atoms with Crippen LogP contribution in [0.5, 0.6) is 0 Å². The molecule has 0 amide bonds. The van der Waals surface area contributed by atoms with Crippen LogP contribution in [0.15, 0.2) is 12.7 Å². The smallest absolute Gasteiger partial charge is 0.0589 e. The highest BCUT2D eigenvalue weighted by Crippen LogP contribution is 2.20. The van der Waals surface area contributed by atoms with E-state index >= 15 is 0 Å². The number of piperidine rings is 1. The number of ether oxygens (including phenoxy) is 1. The molecule has 1 saturated heterocycles. The lowest BCUT2D eigenvalue weighted by atomic mass is 9.94. The molecule has 0 aliphatic carbocycles. The zero-order chi connectivity index (χ0) is 9.52. The summed E-state index contributed by atoms with van der Waals surface area (Å²) in [5.74, 6) is 0.885. The van der Waals surface area contributed by atoms with Crippen molar-refractivity contribution in [1.29, 1.82) is 0 Å². The van der Waals surface area contributed by atoms with Gasteiger partial charge in [0.05, 0.1) is 6.61 Å². The standard InChI is InChI=1S/C11H21NO/c1-3-4-11-5-7-12(8-6-11)9-10-13-2/h3,11H,1,4-10H2,2H3. The van der Waals surface area contributed by atoms with Crippen LogP contribution in [0.4, 0.5) is 0 Å². The van der Waals surface area contributed by atoms with Gasteiger partial charge in [-0.15, -0.1) is 6.58 Å². The molecule has 0 radical (unpaired) electrons. The summed E-state index contributed by atoms with van der Waals surface area (Å²) in [5, 5.41) is 0. The molecule has 0 saturated carbocycles. The number of hydrogen-bond donors (Lipinski definition) is 0. The first-order valence-electron chi connectivity index (χ1n) is 5.19. The number of hydrogen-bond acceptors (Lipinski definition) is 2. The van der Waals surface area contributed by atoms with Crippen molar-refractivity contribution in [1.82, 2.24) is 4.90 Å². The molecule has 1 rings (SSSR count). The molecule has 1 aliphatic heterocycles. The maximum Gasteiger partial charge on any atom is 0.0589 e. The van der Waals surface area contributed by atoms with E-state index < -0.39 is 0 Å². The molecule has 0 aromatic rings. The second-order valence-electron chi connectivity index (χ2n) is 3.80. The van der Waals surface area contributed by atoms with E-state index in [1.54, 1.807) is 7.11 Å². The van der Waals surface area contributed by atoms with E-state index in [0.29, 0.717) is 0 Å². The predicted molar refractivity (Wildman–Crippen MR) is 55.9 cm³/mol. The number of likely N-dealkylation sites (tertiary alicyclic amines) is 1. The normalized spacial score (nSPS) is 20.4. The molecule has 0 aromatic carbocycles. The number of methoxy groups -OCH3 is 1. The van der Waals surface area contributed by atoms with Crippen LogP contribution in [0, 0.1) is 5.92 Å². The molecule has 2 nitrogen and oxygen atoms in total. The Morgan fingerprint density at radius 2 is 2.15 bits per heavy atom. The maximum atomic E-state index is 5.06. The molecule has 0 spiro atoms. The van der Waals surface area contributed by atoms with Gasteiger partial charge >= 0.3 is 0 Å². The Hall–Kier alpha value is -0.340. The minimum atomic E-state index is 0.867. The average Bonchev–Trinajstić information content (AvgIpc) is 2.17. The highest BCUT2D eigenvalue weighted by molar-refractivity contribution is 4.78. The Bertz CT molecular complexity index is 139. The number of rotatable bonds is 5. The molecule has 0 atom stereocenters. The Kier molecular flexibility index (Phi) is 5.09. The summed E-state index contributed by atoms with van der Waals surface area (Å²) >= 11 is 0. The summed E-state index contributed by atoms with van der Waals surface area (Å²) in [6.07, 6.45) is 5.90. The van der Waals surface area contributed by atoms with E-state index in [1.807, 2.05) is 0 Å². The van der Waals surface area contributed by atoms with Gasteiger partial charge in [0, 0.05) is 13.7 Å². The van der Waals surface area contributed by atoms with E-state index in [1.165, 1.54) is 32.4 Å². The largest absolute Gasteiger partial charge is 0.383 e. The first kappa shape index (κ1) is 10.7. The van der Waals surface area contributed by atoms with Crippen molar-refractivity contribution in [2.45, 2.75) is 19.3 Å². The molecule has 0 N–H and O–H groups in total. The Morgan fingerprint density at radius 1 is 1.46 bits per heavy atom. The van der Waals surface area contributed by atoms with E-state index in [2.05, 4.69) is 17.6 Å². The highest BCUT2D eigenvalue weighted by atomic mass is 16.5. The van der Waals surface area contributed by atoms with Crippen molar-refractivity contribution < 1.29 is 4.74 Å². The van der Waals surface area contributed by atoms with Gasteiger partial charge in [-0.1, -0.05) is 6.08 Å². The number of nitrogens with zero attached hydrogens (tertiary/aromatic N) is 1. The minimum absolute atomic E-state index is 0.867. The van der Waals surface area contributed by atoms with Gasteiger partial charge in [-0.3, -0.25) is 0 Å². The SMILES string of the molecule is C=CCC1CCN(CCOC)CC1. The molecule has 1 aliphatic rings. The molecule has 13 heavy (non-hydrogen) atoms. The van der Waals surface area contributed by atoms with Crippen molar-refractivity contribution in [2.75, 3.05) is 33.4 Å². The van der Waals surface area contributed by atoms with Gasteiger partial charge in [-0.25, -0.2) is 0 Å². The minimum Gasteiger partial charge on any atom is -0.383 e. The first-order valence-corrected chi connectivity index (χ1v) is 5.19. The van der Waals surface area contributed by atoms with Crippen molar-refractivity contribution in [2.24, 2.45) is 5.92 Å².